The number of nitrogens with zero attached hydrogens (tertiary/aromatic N) is 3. The first-order valence-electron chi connectivity index (χ1n) is 6.01. The molecule has 1 aliphatic heterocycles. The molecule has 1 heterocycles. The molecule has 2 rings (SSSR count). The highest BCUT2D eigenvalue weighted by Crippen LogP contribution is 2.25. The van der Waals surface area contributed by atoms with Gasteiger partial charge in [-0.3, -0.25) is 14.9 Å². The lowest BCUT2D eigenvalue weighted by Gasteiger charge is -2.20. The first-order valence-corrected chi connectivity index (χ1v) is 6.01. The predicted molar refractivity (Wildman–Crippen MR) is 67.5 cm³/mol. The second-order valence-corrected chi connectivity index (χ2v) is 4.49. The fourth-order valence-corrected chi connectivity index (χ4v) is 2.35. The minimum Gasteiger partial charge on any atom is -0.323 e. The Labute approximate surface area is 110 Å². The van der Waals surface area contributed by atoms with Gasteiger partial charge in [0, 0.05) is 23.7 Å². The molecule has 6 heteroatoms. The molecule has 6 nitrogen and oxygen atoms in total. The summed E-state index contributed by atoms with van der Waals surface area (Å²) in [6.07, 6.45) is 1.45. The summed E-state index contributed by atoms with van der Waals surface area (Å²) < 4.78 is 0. The quantitative estimate of drug-likeness (QED) is 0.600. The number of nitro groups is 1. The van der Waals surface area contributed by atoms with Crippen molar-refractivity contribution in [2.24, 2.45) is 0 Å². The maximum atomic E-state index is 12.4. The van der Waals surface area contributed by atoms with Crippen LogP contribution in [-0.2, 0) is 0 Å². The molecular formula is C13H13N3O3. The SMILES string of the molecule is Cc1c(C(=O)N2CCCC2C#N)cccc1[N+](=O)[O-]. The third-order valence-electron chi connectivity index (χ3n) is 3.39. The van der Waals surface area contributed by atoms with Crippen molar-refractivity contribution in [3.63, 3.8) is 0 Å². The topological polar surface area (TPSA) is 87.2 Å². The van der Waals surface area contributed by atoms with E-state index in [1.54, 1.807) is 13.0 Å². The summed E-state index contributed by atoms with van der Waals surface area (Å²) in [7, 11) is 0. The molecule has 1 fully saturated rings. The fraction of sp³-hybridized carbons (Fsp3) is 0.385. The van der Waals surface area contributed by atoms with Crippen LogP contribution in [0.5, 0.6) is 0 Å². The van der Waals surface area contributed by atoms with Gasteiger partial charge in [-0.1, -0.05) is 6.07 Å². The molecule has 0 aliphatic carbocycles. The number of carbonyl (C=O) groups is 1. The van der Waals surface area contributed by atoms with Gasteiger partial charge in [0.15, 0.2) is 0 Å². The molecule has 0 saturated carbocycles. The van der Waals surface area contributed by atoms with E-state index in [1.807, 2.05) is 0 Å². The highest BCUT2D eigenvalue weighted by atomic mass is 16.6. The number of rotatable bonds is 2. The van der Waals surface area contributed by atoms with Gasteiger partial charge in [0.1, 0.15) is 6.04 Å². The van der Waals surface area contributed by atoms with Gasteiger partial charge in [-0.15, -0.1) is 0 Å². The molecule has 0 radical (unpaired) electrons. The molecule has 1 unspecified atom stereocenters. The van der Waals surface area contributed by atoms with Crippen molar-refractivity contribution in [1.82, 2.24) is 4.90 Å². The Bertz CT molecular complexity index is 577. The summed E-state index contributed by atoms with van der Waals surface area (Å²) >= 11 is 0. The van der Waals surface area contributed by atoms with Crippen LogP contribution in [0.25, 0.3) is 0 Å². The van der Waals surface area contributed by atoms with Crippen molar-refractivity contribution in [1.29, 1.82) is 5.26 Å². The summed E-state index contributed by atoms with van der Waals surface area (Å²) in [6.45, 7) is 2.09. The summed E-state index contributed by atoms with van der Waals surface area (Å²) in [4.78, 5) is 24.2. The van der Waals surface area contributed by atoms with Gasteiger partial charge in [-0.05, 0) is 25.8 Å². The number of likely N-dealkylation sites (tertiary alicyclic amines) is 1. The number of hydrogen-bond donors (Lipinski definition) is 0. The smallest absolute Gasteiger partial charge is 0.273 e. The van der Waals surface area contributed by atoms with E-state index >= 15 is 0 Å². The molecule has 1 aromatic rings. The highest BCUT2D eigenvalue weighted by molar-refractivity contribution is 5.97. The minimum absolute atomic E-state index is 0.0708. The normalized spacial score (nSPS) is 18.1. The van der Waals surface area contributed by atoms with Gasteiger partial charge in [0.05, 0.1) is 11.0 Å². The van der Waals surface area contributed by atoms with Crippen LogP contribution in [0.4, 0.5) is 5.69 Å². The van der Waals surface area contributed by atoms with Crippen LogP contribution in [0.1, 0.15) is 28.8 Å². The molecule has 0 bridgehead atoms. The van der Waals surface area contributed by atoms with Crippen molar-refractivity contribution < 1.29 is 9.72 Å². The third-order valence-corrected chi connectivity index (χ3v) is 3.39. The van der Waals surface area contributed by atoms with Crippen molar-refractivity contribution in [2.45, 2.75) is 25.8 Å². The molecule has 1 atom stereocenters. The molecular weight excluding hydrogens is 246 g/mol. The summed E-state index contributed by atoms with van der Waals surface area (Å²) in [5, 5.41) is 19.9. The molecule has 0 N–H and O–H groups in total. The lowest BCUT2D eigenvalue weighted by atomic mass is 10.1. The molecule has 98 valence electrons. The maximum absolute atomic E-state index is 12.4. The largest absolute Gasteiger partial charge is 0.323 e. The van der Waals surface area contributed by atoms with Crippen LogP contribution in [-0.4, -0.2) is 28.3 Å². The second kappa shape index (κ2) is 5.06. The van der Waals surface area contributed by atoms with E-state index in [0.717, 1.165) is 6.42 Å². The Balaban J connectivity index is 2.37. The summed E-state index contributed by atoms with van der Waals surface area (Å²) in [5.74, 6) is -0.301. The zero-order chi connectivity index (χ0) is 14.0. The van der Waals surface area contributed by atoms with Gasteiger partial charge >= 0.3 is 0 Å². The van der Waals surface area contributed by atoms with Crippen LogP contribution >= 0.6 is 0 Å². The molecule has 19 heavy (non-hydrogen) atoms. The summed E-state index contributed by atoms with van der Waals surface area (Å²) in [5.41, 5.74) is 0.580. The van der Waals surface area contributed by atoms with E-state index < -0.39 is 11.0 Å². The minimum atomic E-state index is -0.502. The number of carbonyl (C=O) groups excluding carboxylic acids is 1. The average Bonchev–Trinajstić information content (AvgIpc) is 2.86. The van der Waals surface area contributed by atoms with Crippen LogP contribution in [0.3, 0.4) is 0 Å². The second-order valence-electron chi connectivity index (χ2n) is 4.49. The lowest BCUT2D eigenvalue weighted by Crippen LogP contribution is -2.35. The van der Waals surface area contributed by atoms with E-state index in [2.05, 4.69) is 6.07 Å². The van der Waals surface area contributed by atoms with Crippen molar-refractivity contribution in [2.75, 3.05) is 6.54 Å². The van der Waals surface area contributed by atoms with E-state index in [9.17, 15) is 14.9 Å². The van der Waals surface area contributed by atoms with Gasteiger partial charge in [0.2, 0.25) is 0 Å². The van der Waals surface area contributed by atoms with Crippen molar-refractivity contribution in [3.8, 4) is 6.07 Å². The first kappa shape index (κ1) is 13.0. The molecule has 0 spiro atoms. The molecule has 1 aliphatic rings. The lowest BCUT2D eigenvalue weighted by molar-refractivity contribution is -0.385. The average molecular weight is 259 g/mol. The third kappa shape index (κ3) is 2.27. The van der Waals surface area contributed by atoms with Crippen LogP contribution < -0.4 is 0 Å². The summed E-state index contributed by atoms with van der Waals surface area (Å²) in [6, 6.07) is 6.10. The number of hydrogen-bond acceptors (Lipinski definition) is 4. The Kier molecular flexibility index (Phi) is 3.47. The zero-order valence-corrected chi connectivity index (χ0v) is 10.5. The molecule has 0 aromatic heterocycles. The zero-order valence-electron chi connectivity index (χ0n) is 10.5. The maximum Gasteiger partial charge on any atom is 0.273 e. The van der Waals surface area contributed by atoms with Crippen molar-refractivity contribution >= 4 is 11.6 Å². The molecule has 1 amide bonds. The number of benzene rings is 1. The number of nitriles is 1. The van der Waals surface area contributed by atoms with Crippen LogP contribution in [0.2, 0.25) is 0 Å². The van der Waals surface area contributed by atoms with Crippen molar-refractivity contribution in [3.05, 3.63) is 39.4 Å². The van der Waals surface area contributed by atoms with E-state index in [4.69, 9.17) is 5.26 Å². The molecule has 1 aromatic carbocycles. The van der Waals surface area contributed by atoms with E-state index in [0.29, 0.717) is 24.1 Å². The van der Waals surface area contributed by atoms with Gasteiger partial charge < -0.3 is 4.90 Å². The van der Waals surface area contributed by atoms with Gasteiger partial charge in [-0.2, -0.15) is 5.26 Å². The fourth-order valence-electron chi connectivity index (χ4n) is 2.35. The van der Waals surface area contributed by atoms with Crippen LogP contribution in [0, 0.1) is 28.4 Å². The standard InChI is InChI=1S/C13H13N3O3/c1-9-11(5-2-6-12(9)16(18)19)13(17)15-7-3-4-10(15)8-14/h2,5-6,10H,3-4,7H2,1H3. The highest BCUT2D eigenvalue weighted by Gasteiger charge is 2.31. The van der Waals surface area contributed by atoms with Crippen LogP contribution in [0.15, 0.2) is 18.2 Å². The monoisotopic (exact) mass is 259 g/mol. The number of nitro benzene ring substituents is 1. The predicted octanol–water partition coefficient (Wildman–Crippen LogP) is 2.03. The van der Waals surface area contributed by atoms with E-state index in [-0.39, 0.29) is 11.6 Å². The van der Waals surface area contributed by atoms with Gasteiger partial charge in [-0.25, -0.2) is 0 Å². The Morgan fingerprint density at radius 1 is 1.58 bits per heavy atom. The Morgan fingerprint density at radius 2 is 2.32 bits per heavy atom. The molecule has 1 saturated heterocycles. The van der Waals surface area contributed by atoms with Gasteiger partial charge in [0.25, 0.3) is 11.6 Å². The Morgan fingerprint density at radius 3 is 2.95 bits per heavy atom. The first-order chi connectivity index (χ1) is 9.06. The Hall–Kier alpha value is -2.42. The number of amides is 1. The van der Waals surface area contributed by atoms with E-state index in [1.165, 1.54) is 17.0 Å².